The molecule has 0 spiro atoms. The Bertz CT molecular complexity index is 170. The maximum atomic E-state index is 10.4. The lowest BCUT2D eigenvalue weighted by atomic mass is 10.5. The van der Waals surface area contributed by atoms with Crippen LogP contribution in [0.15, 0.2) is 16.7 Å². The molecule has 0 saturated carbocycles. The third-order valence-corrected chi connectivity index (χ3v) is 1.35. The van der Waals surface area contributed by atoms with Crippen LogP contribution < -0.4 is 0 Å². The van der Waals surface area contributed by atoms with Gasteiger partial charge < -0.3 is 0 Å². The summed E-state index contributed by atoms with van der Waals surface area (Å²) in [6, 6.07) is 0. The van der Waals surface area contributed by atoms with Gasteiger partial charge in [0.25, 0.3) is 6.08 Å². The molecule has 1 atom stereocenters. The van der Waals surface area contributed by atoms with Crippen LogP contribution in [0.3, 0.4) is 0 Å². The molecule has 0 radical (unpaired) electrons. The fraction of sp³-hybridized carbons (Fsp3) is 0.400. The molecule has 9 heavy (non-hydrogen) atoms. The summed E-state index contributed by atoms with van der Waals surface area (Å²) in [6.45, 7) is 1.91. The van der Waals surface area contributed by atoms with E-state index in [0.29, 0.717) is 0 Å². The second kappa shape index (κ2) is 5.36. The predicted octanol–water partition coefficient (Wildman–Crippen LogP) is 1.99. The quantitative estimate of drug-likeness (QED) is 0.345. The Kier molecular flexibility index (Phi) is 4.89. The molecule has 0 aliphatic rings. The van der Waals surface area contributed by atoms with Gasteiger partial charge in [0.15, 0.2) is 5.82 Å². The summed E-state index contributed by atoms with van der Waals surface area (Å²) in [7, 11) is -1.82. The smallest absolute Gasteiger partial charge is 0.207 e. The van der Waals surface area contributed by atoms with Crippen molar-refractivity contribution in [3.63, 3.8) is 0 Å². The van der Waals surface area contributed by atoms with E-state index < -0.39 is 7.95 Å². The summed E-state index contributed by atoms with van der Waals surface area (Å²) in [4.78, 5) is 9.47. The Morgan fingerprint density at radius 2 is 2.44 bits per heavy atom. The Morgan fingerprint density at radius 3 is 2.89 bits per heavy atom. The van der Waals surface area contributed by atoms with Crippen LogP contribution in [-0.2, 0) is 9.36 Å². The van der Waals surface area contributed by atoms with E-state index in [1.165, 1.54) is 11.9 Å². The van der Waals surface area contributed by atoms with Gasteiger partial charge in [0.2, 0.25) is 0 Å². The Balaban J connectivity index is 3.77. The second-order valence-electron chi connectivity index (χ2n) is 1.29. The van der Waals surface area contributed by atoms with Crippen molar-refractivity contribution in [2.24, 2.45) is 4.76 Å². The maximum Gasteiger partial charge on any atom is 0.528 e. The molecular formula is C5H7NO2P+. The molecule has 4 heteroatoms. The van der Waals surface area contributed by atoms with E-state index in [9.17, 15) is 9.36 Å². The average molecular weight is 144 g/mol. The minimum atomic E-state index is -1.82. The number of hydrogen-bond acceptors (Lipinski definition) is 2. The lowest BCUT2D eigenvalue weighted by molar-refractivity contribution is 0.564. The highest BCUT2D eigenvalue weighted by atomic mass is 31.1. The topological polar surface area (TPSA) is 46.5 Å². The van der Waals surface area contributed by atoms with Crippen LogP contribution in [-0.4, -0.2) is 6.08 Å². The first kappa shape index (κ1) is 8.22. The number of rotatable bonds is 3. The van der Waals surface area contributed by atoms with Gasteiger partial charge in [-0.3, -0.25) is 0 Å². The lowest BCUT2D eigenvalue weighted by Gasteiger charge is -1.63. The molecule has 3 nitrogen and oxygen atoms in total. The van der Waals surface area contributed by atoms with Crippen molar-refractivity contribution in [1.82, 2.24) is 0 Å². The molecule has 0 bridgehead atoms. The zero-order chi connectivity index (χ0) is 7.11. The molecule has 0 aliphatic heterocycles. The first-order valence-electron chi connectivity index (χ1n) is 2.52. The highest BCUT2D eigenvalue weighted by Crippen LogP contribution is 2.22. The van der Waals surface area contributed by atoms with E-state index >= 15 is 0 Å². The molecule has 0 aromatic carbocycles. The zero-order valence-corrected chi connectivity index (χ0v) is 5.97. The molecule has 0 rings (SSSR count). The van der Waals surface area contributed by atoms with Crippen molar-refractivity contribution in [2.75, 3.05) is 0 Å². The van der Waals surface area contributed by atoms with Gasteiger partial charge in [-0.2, -0.15) is 0 Å². The second-order valence-corrected chi connectivity index (χ2v) is 2.39. The number of isocyanates is 1. The maximum absolute atomic E-state index is 10.4. The van der Waals surface area contributed by atoms with Crippen molar-refractivity contribution in [2.45, 2.75) is 13.3 Å². The summed E-state index contributed by atoms with van der Waals surface area (Å²) in [6.07, 6.45) is 3.71. The fourth-order valence-electron chi connectivity index (χ4n) is 0.269. The normalized spacial score (nSPS) is 11.0. The van der Waals surface area contributed by atoms with Crippen molar-refractivity contribution < 1.29 is 9.36 Å². The minimum absolute atomic E-state index is 0.801. The van der Waals surface area contributed by atoms with Gasteiger partial charge in [-0.15, -0.1) is 0 Å². The van der Waals surface area contributed by atoms with Gasteiger partial charge in [0.1, 0.15) is 0 Å². The number of hydrogen-bond donors (Lipinski definition) is 0. The SMILES string of the molecule is CCC=C[P+](=O)N=C=O. The first-order chi connectivity index (χ1) is 4.31. The van der Waals surface area contributed by atoms with Gasteiger partial charge in [-0.1, -0.05) is 6.92 Å². The van der Waals surface area contributed by atoms with Crippen LogP contribution in [0.4, 0.5) is 0 Å². The van der Waals surface area contributed by atoms with E-state index in [0.717, 1.165) is 6.42 Å². The summed E-state index contributed by atoms with van der Waals surface area (Å²) < 4.78 is 13.4. The summed E-state index contributed by atoms with van der Waals surface area (Å²) >= 11 is 0. The molecule has 0 aliphatic carbocycles. The molecule has 0 fully saturated rings. The molecule has 48 valence electrons. The van der Waals surface area contributed by atoms with Crippen molar-refractivity contribution in [3.05, 3.63) is 11.9 Å². The Morgan fingerprint density at radius 1 is 1.78 bits per heavy atom. The molecular weight excluding hydrogens is 137 g/mol. The lowest BCUT2D eigenvalue weighted by Crippen LogP contribution is -1.50. The molecule has 0 aromatic rings. The van der Waals surface area contributed by atoms with E-state index in [1.54, 1.807) is 6.08 Å². The summed E-state index contributed by atoms with van der Waals surface area (Å²) in [5.74, 6) is 1.39. The van der Waals surface area contributed by atoms with Crippen LogP contribution in [0.5, 0.6) is 0 Å². The van der Waals surface area contributed by atoms with Crippen LogP contribution in [0.2, 0.25) is 0 Å². The van der Waals surface area contributed by atoms with Gasteiger partial charge >= 0.3 is 7.95 Å². The highest BCUT2D eigenvalue weighted by Gasteiger charge is 2.04. The largest absolute Gasteiger partial charge is 0.528 e. The Labute approximate surface area is 54.3 Å². The first-order valence-corrected chi connectivity index (χ1v) is 3.80. The number of nitrogens with zero attached hydrogens (tertiary/aromatic N) is 1. The van der Waals surface area contributed by atoms with Crippen molar-refractivity contribution in [1.29, 1.82) is 0 Å². The van der Waals surface area contributed by atoms with Gasteiger partial charge in [0, 0.05) is 0 Å². The van der Waals surface area contributed by atoms with Crippen LogP contribution in [0, 0.1) is 0 Å². The number of allylic oxidation sites excluding steroid dienone is 1. The van der Waals surface area contributed by atoms with Gasteiger partial charge in [-0.05, 0) is 17.1 Å². The highest BCUT2D eigenvalue weighted by molar-refractivity contribution is 7.46. The molecule has 0 aromatic heterocycles. The predicted molar refractivity (Wildman–Crippen MR) is 35.2 cm³/mol. The van der Waals surface area contributed by atoms with E-state index in [4.69, 9.17) is 0 Å². The van der Waals surface area contributed by atoms with Gasteiger partial charge in [-0.25, -0.2) is 4.79 Å². The molecule has 0 N–H and O–H groups in total. The molecule has 0 saturated heterocycles. The van der Waals surface area contributed by atoms with E-state index in [-0.39, 0.29) is 0 Å². The van der Waals surface area contributed by atoms with Crippen molar-refractivity contribution in [3.8, 4) is 0 Å². The number of carbonyl (C=O) groups excluding carboxylic acids is 1. The molecule has 1 unspecified atom stereocenters. The van der Waals surface area contributed by atoms with E-state index in [1.807, 2.05) is 6.92 Å². The monoisotopic (exact) mass is 144 g/mol. The standard InChI is InChI=1S/C5H7NO2P/c1-2-3-4-9(8)6-5-7/h3-4H,2H2,1H3/q+1. The summed E-state index contributed by atoms with van der Waals surface area (Å²) in [5.41, 5.74) is 0. The third-order valence-electron chi connectivity index (χ3n) is 0.608. The Hall–Kier alpha value is -0.780. The van der Waals surface area contributed by atoms with E-state index in [2.05, 4.69) is 4.76 Å². The average Bonchev–Trinajstić information content (AvgIpc) is 1.85. The molecule has 0 amide bonds. The van der Waals surface area contributed by atoms with Crippen LogP contribution in [0.25, 0.3) is 0 Å². The van der Waals surface area contributed by atoms with Gasteiger partial charge in [0.05, 0.1) is 4.76 Å². The fourth-order valence-corrected chi connectivity index (χ4v) is 0.807. The van der Waals surface area contributed by atoms with Crippen LogP contribution in [0.1, 0.15) is 13.3 Å². The summed E-state index contributed by atoms with van der Waals surface area (Å²) in [5, 5.41) is 0. The molecule has 0 heterocycles. The third kappa shape index (κ3) is 5.09. The minimum Gasteiger partial charge on any atom is -0.207 e. The van der Waals surface area contributed by atoms with Crippen molar-refractivity contribution >= 4 is 14.0 Å². The van der Waals surface area contributed by atoms with Crippen LogP contribution >= 0.6 is 7.95 Å². The zero-order valence-electron chi connectivity index (χ0n) is 5.07.